The van der Waals surface area contributed by atoms with Gasteiger partial charge in [-0.15, -0.1) is 6.58 Å². The molecular formula is C25H25F5. The molecule has 0 radical (unpaired) electrons. The van der Waals surface area contributed by atoms with Crippen LogP contribution in [-0.2, 0) is 12.6 Å². The van der Waals surface area contributed by atoms with E-state index in [0.29, 0.717) is 17.9 Å². The summed E-state index contributed by atoms with van der Waals surface area (Å²) in [4.78, 5) is 0. The summed E-state index contributed by atoms with van der Waals surface area (Å²) < 4.78 is 67.4. The van der Waals surface area contributed by atoms with E-state index in [-0.39, 0.29) is 17.8 Å². The molecule has 2 aromatic carbocycles. The second-order valence-corrected chi connectivity index (χ2v) is 8.61. The van der Waals surface area contributed by atoms with Crippen LogP contribution in [0.5, 0.6) is 0 Å². The van der Waals surface area contributed by atoms with Gasteiger partial charge in [-0.05, 0) is 97.1 Å². The topological polar surface area (TPSA) is 0 Å². The summed E-state index contributed by atoms with van der Waals surface area (Å²) in [5.41, 5.74) is 1.60. The van der Waals surface area contributed by atoms with Gasteiger partial charge in [-0.2, -0.15) is 13.2 Å². The molecular weight excluding hydrogens is 395 g/mol. The maximum absolute atomic E-state index is 14.4. The van der Waals surface area contributed by atoms with E-state index in [9.17, 15) is 22.0 Å². The number of halogens is 5. The van der Waals surface area contributed by atoms with Crippen molar-refractivity contribution in [2.45, 2.75) is 56.5 Å². The van der Waals surface area contributed by atoms with Crippen LogP contribution in [0.2, 0.25) is 0 Å². The summed E-state index contributed by atoms with van der Waals surface area (Å²) in [6.45, 7) is 3.80. The first-order valence-corrected chi connectivity index (χ1v) is 10.6. The molecule has 0 aromatic heterocycles. The summed E-state index contributed by atoms with van der Waals surface area (Å²) >= 11 is 0. The van der Waals surface area contributed by atoms with Gasteiger partial charge in [-0.1, -0.05) is 18.2 Å². The minimum Gasteiger partial charge on any atom is -0.207 e. The molecule has 5 heteroatoms. The van der Waals surface area contributed by atoms with Crippen LogP contribution in [-0.4, -0.2) is 0 Å². The average Bonchev–Trinajstić information content (AvgIpc) is 2.70. The third kappa shape index (κ3) is 3.91. The zero-order valence-corrected chi connectivity index (χ0v) is 16.7. The molecule has 1 saturated carbocycles. The maximum Gasteiger partial charge on any atom is 0.416 e. The molecule has 1 fully saturated rings. The zero-order chi connectivity index (χ0) is 21.5. The fourth-order valence-electron chi connectivity index (χ4n) is 5.75. The quantitative estimate of drug-likeness (QED) is 0.350. The van der Waals surface area contributed by atoms with Crippen molar-refractivity contribution in [3.8, 4) is 0 Å². The Morgan fingerprint density at radius 2 is 1.73 bits per heavy atom. The molecule has 0 spiro atoms. The fraction of sp³-hybridized carbons (Fsp3) is 0.440. The van der Waals surface area contributed by atoms with Crippen molar-refractivity contribution in [3.63, 3.8) is 0 Å². The molecule has 0 amide bonds. The van der Waals surface area contributed by atoms with E-state index in [1.807, 2.05) is 6.08 Å². The van der Waals surface area contributed by atoms with Crippen LogP contribution in [0.25, 0.3) is 0 Å². The molecule has 2 aliphatic rings. The molecule has 4 rings (SSSR count). The third-order valence-electron chi connectivity index (χ3n) is 7.02. The van der Waals surface area contributed by atoms with Gasteiger partial charge in [0.15, 0.2) is 0 Å². The van der Waals surface area contributed by atoms with Crippen molar-refractivity contribution in [1.29, 1.82) is 0 Å². The van der Waals surface area contributed by atoms with E-state index in [0.717, 1.165) is 61.4 Å². The number of allylic oxidation sites excluding steroid dienone is 1. The van der Waals surface area contributed by atoms with E-state index in [1.165, 1.54) is 6.07 Å². The van der Waals surface area contributed by atoms with Crippen molar-refractivity contribution >= 4 is 0 Å². The molecule has 0 heterocycles. The van der Waals surface area contributed by atoms with E-state index < -0.39 is 23.4 Å². The van der Waals surface area contributed by atoms with Gasteiger partial charge in [0, 0.05) is 6.07 Å². The van der Waals surface area contributed by atoms with Crippen molar-refractivity contribution in [1.82, 2.24) is 0 Å². The number of alkyl halides is 3. The number of fused-ring (bicyclic) bond motifs is 3. The number of hydrogen-bond donors (Lipinski definition) is 0. The second-order valence-electron chi connectivity index (χ2n) is 8.61. The minimum atomic E-state index is -4.37. The Kier molecular flexibility index (Phi) is 5.73. The fourth-order valence-corrected chi connectivity index (χ4v) is 5.75. The lowest BCUT2D eigenvalue weighted by Gasteiger charge is -2.47. The van der Waals surface area contributed by atoms with Crippen LogP contribution in [0.4, 0.5) is 22.0 Å². The first-order valence-electron chi connectivity index (χ1n) is 10.6. The van der Waals surface area contributed by atoms with E-state index in [1.54, 1.807) is 12.1 Å². The Morgan fingerprint density at radius 1 is 1.00 bits per heavy atom. The minimum absolute atomic E-state index is 0.0335. The van der Waals surface area contributed by atoms with Crippen molar-refractivity contribution in [3.05, 3.63) is 82.9 Å². The molecule has 4 atom stereocenters. The Morgan fingerprint density at radius 3 is 2.40 bits per heavy atom. The molecule has 30 heavy (non-hydrogen) atoms. The Labute approximate surface area is 173 Å². The average molecular weight is 420 g/mol. The van der Waals surface area contributed by atoms with Crippen LogP contribution in [0, 0.1) is 23.5 Å². The van der Waals surface area contributed by atoms with Crippen molar-refractivity contribution in [2.75, 3.05) is 0 Å². The molecule has 0 N–H and O–H groups in total. The van der Waals surface area contributed by atoms with Crippen molar-refractivity contribution < 1.29 is 22.0 Å². The molecule has 160 valence electrons. The normalized spacial score (nSPS) is 26.0. The van der Waals surface area contributed by atoms with Gasteiger partial charge in [0.2, 0.25) is 0 Å². The Bertz CT molecular complexity index is 912. The van der Waals surface area contributed by atoms with Gasteiger partial charge in [0.05, 0.1) is 5.56 Å². The van der Waals surface area contributed by atoms with Gasteiger partial charge >= 0.3 is 6.18 Å². The standard InChI is InChI=1S/C25H25F5/c1-2-3-4-15-7-10-19-21(12-11-20-22(19)13-18(26)14-23(20)27)24(15)16-5-8-17(9-6-16)25(28,29)30/h2,5-6,8-9,13-15,19,21,24H,1,3-4,7,10-12H2. The molecule has 2 aliphatic carbocycles. The summed E-state index contributed by atoms with van der Waals surface area (Å²) in [5.74, 6) is -0.452. The highest BCUT2D eigenvalue weighted by Gasteiger charge is 2.43. The lowest BCUT2D eigenvalue weighted by Crippen LogP contribution is -2.35. The van der Waals surface area contributed by atoms with Gasteiger partial charge in [-0.3, -0.25) is 0 Å². The zero-order valence-electron chi connectivity index (χ0n) is 16.7. The Hall–Kier alpha value is -2.17. The lowest BCUT2D eigenvalue weighted by molar-refractivity contribution is -0.137. The van der Waals surface area contributed by atoms with E-state index in [4.69, 9.17) is 0 Å². The van der Waals surface area contributed by atoms with Crippen LogP contribution >= 0.6 is 0 Å². The van der Waals surface area contributed by atoms with Gasteiger partial charge < -0.3 is 0 Å². The summed E-state index contributed by atoms with van der Waals surface area (Å²) in [5, 5.41) is 0. The summed E-state index contributed by atoms with van der Waals surface area (Å²) in [7, 11) is 0. The van der Waals surface area contributed by atoms with Crippen LogP contribution in [0.1, 0.15) is 66.2 Å². The summed E-state index contributed by atoms with van der Waals surface area (Å²) in [6.07, 6.45) is 2.30. The smallest absolute Gasteiger partial charge is 0.207 e. The predicted octanol–water partition coefficient (Wildman–Crippen LogP) is 7.79. The maximum atomic E-state index is 14.4. The molecule has 4 unspecified atom stereocenters. The molecule has 0 saturated heterocycles. The van der Waals surface area contributed by atoms with Crippen LogP contribution in [0.15, 0.2) is 49.1 Å². The highest BCUT2D eigenvalue weighted by molar-refractivity contribution is 5.38. The van der Waals surface area contributed by atoms with Gasteiger partial charge in [-0.25, -0.2) is 8.78 Å². The number of hydrogen-bond acceptors (Lipinski definition) is 0. The predicted molar refractivity (Wildman–Crippen MR) is 107 cm³/mol. The van der Waals surface area contributed by atoms with Gasteiger partial charge in [0.25, 0.3) is 0 Å². The van der Waals surface area contributed by atoms with E-state index in [2.05, 4.69) is 6.58 Å². The second kappa shape index (κ2) is 8.16. The number of benzene rings is 2. The van der Waals surface area contributed by atoms with Crippen LogP contribution in [0.3, 0.4) is 0 Å². The molecule has 0 bridgehead atoms. The SMILES string of the molecule is C=CCCC1CCC2c3cc(F)cc(F)c3CCC2C1c1ccc(C(F)(F)F)cc1. The highest BCUT2D eigenvalue weighted by Crippen LogP contribution is 2.55. The third-order valence-corrected chi connectivity index (χ3v) is 7.02. The first-order chi connectivity index (χ1) is 14.3. The van der Waals surface area contributed by atoms with Crippen molar-refractivity contribution in [2.24, 2.45) is 11.8 Å². The molecule has 0 nitrogen and oxygen atoms in total. The number of rotatable bonds is 4. The largest absolute Gasteiger partial charge is 0.416 e. The Balaban J connectivity index is 1.72. The highest BCUT2D eigenvalue weighted by atomic mass is 19.4. The van der Waals surface area contributed by atoms with E-state index >= 15 is 0 Å². The molecule has 2 aromatic rings. The summed E-state index contributed by atoms with van der Waals surface area (Å²) in [6, 6.07) is 7.90. The van der Waals surface area contributed by atoms with Crippen LogP contribution < -0.4 is 0 Å². The van der Waals surface area contributed by atoms with Gasteiger partial charge in [0.1, 0.15) is 11.6 Å². The lowest BCUT2D eigenvalue weighted by atomic mass is 9.57. The monoisotopic (exact) mass is 420 g/mol. The molecule has 0 aliphatic heterocycles. The first kappa shape index (κ1) is 21.1.